The van der Waals surface area contributed by atoms with Gasteiger partial charge in [0.2, 0.25) is 0 Å². The van der Waals surface area contributed by atoms with Crippen LogP contribution in [-0.4, -0.2) is 0 Å². The largest absolute Gasteiger partial charge is 0.419 e. The van der Waals surface area contributed by atoms with E-state index in [2.05, 4.69) is 0 Å². The summed E-state index contributed by atoms with van der Waals surface area (Å²) in [7, 11) is 0. The number of alkyl halides is 6. The average Bonchev–Trinajstić information content (AvgIpc) is 3.03. The third kappa shape index (κ3) is 5.14. The summed E-state index contributed by atoms with van der Waals surface area (Å²) in [4.78, 5) is 1.33. The Labute approximate surface area is 164 Å². The maximum absolute atomic E-state index is 13.4. The predicted molar refractivity (Wildman–Crippen MR) is 92.7 cm³/mol. The predicted octanol–water partition coefficient (Wildman–Crippen LogP) is 7.25. The van der Waals surface area contributed by atoms with Crippen LogP contribution in [-0.2, 0) is 25.2 Å². The molecule has 3 rings (SSSR count). The van der Waals surface area contributed by atoms with Crippen molar-refractivity contribution in [2.24, 2.45) is 0 Å². The smallest absolute Gasteiger partial charge is 0.206 e. The van der Waals surface area contributed by atoms with Crippen molar-refractivity contribution in [2.75, 3.05) is 0 Å². The lowest BCUT2D eigenvalue weighted by molar-refractivity contribution is -0.140. The Morgan fingerprint density at radius 2 is 0.966 bits per heavy atom. The lowest BCUT2D eigenvalue weighted by atomic mass is 10.1. The molecule has 0 unspecified atom stereocenters. The van der Waals surface area contributed by atoms with Crippen molar-refractivity contribution in [3.05, 3.63) is 92.2 Å². The Morgan fingerprint density at radius 1 is 0.586 bits per heavy atom. The van der Waals surface area contributed by atoms with Crippen molar-refractivity contribution < 1.29 is 35.1 Å². The quantitative estimate of drug-likeness (QED) is 0.378. The van der Waals surface area contributed by atoms with E-state index in [9.17, 15) is 35.1 Å². The number of halogens is 8. The van der Waals surface area contributed by atoms with Gasteiger partial charge in [-0.15, -0.1) is 11.3 Å². The Morgan fingerprint density at radius 3 is 1.31 bits per heavy atom. The van der Waals surface area contributed by atoms with Gasteiger partial charge in [0.05, 0.1) is 11.1 Å². The van der Waals surface area contributed by atoms with E-state index in [0.29, 0.717) is 9.75 Å². The van der Waals surface area contributed by atoms with Crippen LogP contribution in [0.15, 0.2) is 48.5 Å². The Hall–Kier alpha value is -2.42. The fraction of sp³-hybridized carbons (Fsp3) is 0.200. The van der Waals surface area contributed by atoms with Crippen LogP contribution in [0.3, 0.4) is 0 Å². The van der Waals surface area contributed by atoms with Crippen molar-refractivity contribution in [2.45, 2.75) is 25.2 Å². The van der Waals surface area contributed by atoms with Gasteiger partial charge in [-0.1, -0.05) is 12.1 Å². The molecule has 0 aliphatic heterocycles. The van der Waals surface area contributed by atoms with Crippen molar-refractivity contribution in [3.63, 3.8) is 0 Å². The van der Waals surface area contributed by atoms with Crippen LogP contribution in [0, 0.1) is 11.6 Å². The first kappa shape index (κ1) is 21.3. The van der Waals surface area contributed by atoms with Crippen LogP contribution in [0.1, 0.15) is 32.0 Å². The zero-order chi connectivity index (χ0) is 21.4. The fourth-order valence-corrected chi connectivity index (χ4v) is 3.90. The third-order valence-corrected chi connectivity index (χ3v) is 5.23. The van der Waals surface area contributed by atoms with Crippen molar-refractivity contribution in [1.29, 1.82) is 0 Å². The molecule has 0 radical (unpaired) electrons. The molecule has 0 atom stereocenters. The number of hydrogen-bond acceptors (Lipinski definition) is 1. The molecule has 0 saturated heterocycles. The highest BCUT2D eigenvalue weighted by Crippen LogP contribution is 2.34. The van der Waals surface area contributed by atoms with Gasteiger partial charge < -0.3 is 0 Å². The van der Waals surface area contributed by atoms with Crippen LogP contribution in [0.5, 0.6) is 0 Å². The monoisotopic (exact) mass is 436 g/mol. The Kier molecular flexibility index (Phi) is 5.71. The zero-order valence-corrected chi connectivity index (χ0v) is 15.3. The van der Waals surface area contributed by atoms with Crippen LogP contribution in [0.4, 0.5) is 35.1 Å². The molecule has 0 nitrogen and oxygen atoms in total. The van der Waals surface area contributed by atoms with E-state index in [1.807, 2.05) is 0 Å². The molecule has 1 aromatic heterocycles. The molecule has 0 spiro atoms. The topological polar surface area (TPSA) is 0 Å². The van der Waals surface area contributed by atoms with Gasteiger partial charge in [-0.3, -0.25) is 0 Å². The highest BCUT2D eigenvalue weighted by atomic mass is 32.1. The molecule has 2 aromatic carbocycles. The minimum Gasteiger partial charge on any atom is -0.206 e. The van der Waals surface area contributed by atoms with Crippen LogP contribution in [0.25, 0.3) is 0 Å². The molecule has 0 aliphatic carbocycles. The van der Waals surface area contributed by atoms with E-state index in [-0.39, 0.29) is 24.0 Å². The van der Waals surface area contributed by atoms with Gasteiger partial charge in [0.25, 0.3) is 0 Å². The van der Waals surface area contributed by atoms with Crippen LogP contribution >= 0.6 is 11.3 Å². The number of hydrogen-bond donors (Lipinski definition) is 0. The van der Waals surface area contributed by atoms with Gasteiger partial charge >= 0.3 is 12.4 Å². The Bertz CT molecular complexity index is 934. The van der Waals surface area contributed by atoms with Gasteiger partial charge in [-0.25, -0.2) is 8.78 Å². The molecule has 3 aromatic rings. The molecule has 0 amide bonds. The van der Waals surface area contributed by atoms with E-state index in [1.165, 1.54) is 23.5 Å². The van der Waals surface area contributed by atoms with E-state index < -0.39 is 35.1 Å². The number of benzene rings is 2. The van der Waals surface area contributed by atoms with E-state index in [4.69, 9.17) is 0 Å². The summed E-state index contributed by atoms with van der Waals surface area (Å²) < 4.78 is 104. The molecule has 29 heavy (non-hydrogen) atoms. The normalized spacial score (nSPS) is 12.4. The average molecular weight is 436 g/mol. The fourth-order valence-electron chi connectivity index (χ4n) is 2.81. The van der Waals surface area contributed by atoms with E-state index in [0.717, 1.165) is 24.3 Å². The zero-order valence-electron chi connectivity index (χ0n) is 14.5. The maximum atomic E-state index is 13.4. The molecule has 0 bridgehead atoms. The van der Waals surface area contributed by atoms with Crippen molar-refractivity contribution >= 4 is 11.3 Å². The second-order valence-corrected chi connectivity index (χ2v) is 7.60. The van der Waals surface area contributed by atoms with Gasteiger partial charge in [0, 0.05) is 22.6 Å². The molecule has 1 heterocycles. The van der Waals surface area contributed by atoms with E-state index in [1.54, 1.807) is 12.1 Å². The highest BCUT2D eigenvalue weighted by Gasteiger charge is 2.35. The summed E-state index contributed by atoms with van der Waals surface area (Å²) >= 11 is 1.21. The van der Waals surface area contributed by atoms with E-state index >= 15 is 0 Å². The van der Waals surface area contributed by atoms with Gasteiger partial charge in [0.1, 0.15) is 11.6 Å². The second kappa shape index (κ2) is 7.78. The highest BCUT2D eigenvalue weighted by molar-refractivity contribution is 7.12. The molecule has 9 heteroatoms. The lowest BCUT2D eigenvalue weighted by Crippen LogP contribution is -2.08. The molecular formula is C20H12F8S. The number of thiophene rings is 1. The molecule has 0 fully saturated rings. The summed E-state index contributed by atoms with van der Waals surface area (Å²) in [6, 6.07) is 8.77. The van der Waals surface area contributed by atoms with Crippen molar-refractivity contribution in [3.8, 4) is 0 Å². The maximum Gasteiger partial charge on any atom is 0.419 e. The number of rotatable bonds is 4. The van der Waals surface area contributed by atoms with Crippen molar-refractivity contribution in [1.82, 2.24) is 0 Å². The second-order valence-electron chi connectivity index (χ2n) is 6.35. The van der Waals surface area contributed by atoms with Gasteiger partial charge in [-0.05, 0) is 47.5 Å². The SMILES string of the molecule is Fc1ccc(Cc2ccc(Cc3ccc(F)c(C(F)(F)F)c3)s2)cc1C(F)(F)F. The summed E-state index contributed by atoms with van der Waals surface area (Å²) in [5.74, 6) is -2.71. The Balaban J connectivity index is 1.77. The molecule has 154 valence electrons. The molecule has 0 saturated carbocycles. The first-order valence-electron chi connectivity index (χ1n) is 8.22. The summed E-state index contributed by atoms with van der Waals surface area (Å²) in [5.41, 5.74) is -2.18. The first-order chi connectivity index (χ1) is 13.4. The van der Waals surface area contributed by atoms with Crippen LogP contribution < -0.4 is 0 Å². The summed E-state index contributed by atoms with van der Waals surface area (Å²) in [6.07, 6.45) is -9.38. The standard InChI is InChI=1S/C20H12F8S/c21-17-5-1-11(9-15(17)19(23,24)25)7-13-3-4-14(29-13)8-12-2-6-18(22)16(10-12)20(26,27)28/h1-6,9-10H,7-8H2. The van der Waals surface area contributed by atoms with Gasteiger partial charge in [0.15, 0.2) is 0 Å². The first-order valence-corrected chi connectivity index (χ1v) is 9.04. The lowest BCUT2D eigenvalue weighted by Gasteiger charge is -2.10. The van der Waals surface area contributed by atoms with Gasteiger partial charge in [-0.2, -0.15) is 26.3 Å². The summed E-state index contributed by atoms with van der Waals surface area (Å²) in [5, 5.41) is 0. The summed E-state index contributed by atoms with van der Waals surface area (Å²) in [6.45, 7) is 0. The molecular weight excluding hydrogens is 424 g/mol. The molecule has 0 N–H and O–H groups in total. The van der Waals surface area contributed by atoms with Crippen LogP contribution in [0.2, 0.25) is 0 Å². The molecule has 0 aliphatic rings. The third-order valence-electron chi connectivity index (χ3n) is 4.15. The minimum atomic E-state index is -4.81. The minimum absolute atomic E-state index is 0.116.